The number of halogens is 1. The molecule has 10 heteroatoms. The molecule has 0 aliphatic carbocycles. The summed E-state index contributed by atoms with van der Waals surface area (Å²) < 4.78 is 11.0. The fraction of sp³-hybridized carbons (Fsp3) is 0.130. The van der Waals surface area contributed by atoms with Gasteiger partial charge in [0.25, 0.3) is 11.6 Å². The topological polar surface area (TPSA) is 98.2 Å². The van der Waals surface area contributed by atoms with Crippen molar-refractivity contribution in [2.45, 2.75) is 6.92 Å². The van der Waals surface area contributed by atoms with Crippen molar-refractivity contribution >= 4 is 51.9 Å². The average Bonchev–Trinajstić information content (AvgIpc) is 3.38. The first kappa shape index (κ1) is 22.6. The van der Waals surface area contributed by atoms with Crippen LogP contribution < -0.4 is 4.74 Å². The number of carbonyl (C=O) groups is 1. The van der Waals surface area contributed by atoms with E-state index in [4.69, 9.17) is 20.8 Å². The molecule has 0 atom stereocenters. The number of benzene rings is 2. The van der Waals surface area contributed by atoms with Crippen LogP contribution in [-0.4, -0.2) is 34.6 Å². The van der Waals surface area contributed by atoms with E-state index in [1.807, 2.05) is 19.1 Å². The van der Waals surface area contributed by atoms with Crippen LogP contribution in [0.3, 0.4) is 0 Å². The number of hydrogen-bond donors (Lipinski definition) is 0. The van der Waals surface area contributed by atoms with E-state index >= 15 is 0 Å². The first-order valence-electron chi connectivity index (χ1n) is 9.88. The Kier molecular flexibility index (Phi) is 6.52. The number of likely N-dealkylation sites (N-methyl/N-ethyl adjacent to an activating group) is 1. The van der Waals surface area contributed by atoms with E-state index in [0.29, 0.717) is 39.4 Å². The van der Waals surface area contributed by atoms with Gasteiger partial charge in [-0.25, -0.2) is 4.99 Å². The molecule has 1 aliphatic heterocycles. The second-order valence-corrected chi connectivity index (χ2v) is 8.32. The molecule has 3 aromatic rings. The van der Waals surface area contributed by atoms with Crippen LogP contribution in [0.25, 0.3) is 17.4 Å². The number of aliphatic imine (C=N–C) groups is 1. The van der Waals surface area contributed by atoms with Crippen molar-refractivity contribution in [3.05, 3.63) is 80.4 Å². The van der Waals surface area contributed by atoms with Crippen LogP contribution in [0, 0.1) is 10.1 Å². The molecular formula is C23H18ClN3O5S. The zero-order valence-electron chi connectivity index (χ0n) is 17.6. The standard InChI is InChI=1S/C23H18ClN3O5S/c1-3-26-22(28)21(33-23(26)25-15-5-7-16(31-2)8-6-15)13-17-9-11-20(32-17)18-10-4-14(24)12-19(18)27(29)30/h4-13H,3H2,1-2H3/b21-13+,25-23?. The Bertz CT molecular complexity index is 1280. The predicted octanol–water partition coefficient (Wildman–Crippen LogP) is 6.14. The molecule has 2 heterocycles. The zero-order valence-corrected chi connectivity index (χ0v) is 19.2. The minimum atomic E-state index is -0.515. The van der Waals surface area contributed by atoms with Gasteiger partial charge in [-0.15, -0.1) is 0 Å². The molecular weight excluding hydrogens is 466 g/mol. The summed E-state index contributed by atoms with van der Waals surface area (Å²) in [5.74, 6) is 1.23. The van der Waals surface area contributed by atoms with E-state index < -0.39 is 4.92 Å². The lowest BCUT2D eigenvalue weighted by molar-refractivity contribution is -0.384. The minimum Gasteiger partial charge on any atom is -0.497 e. The van der Waals surface area contributed by atoms with Crippen molar-refractivity contribution in [1.82, 2.24) is 4.90 Å². The summed E-state index contributed by atoms with van der Waals surface area (Å²) in [4.78, 5) is 30.4. The van der Waals surface area contributed by atoms with Crippen LogP contribution in [-0.2, 0) is 4.79 Å². The number of carbonyl (C=O) groups excluding carboxylic acids is 1. The van der Waals surface area contributed by atoms with Crippen molar-refractivity contribution in [2.75, 3.05) is 13.7 Å². The van der Waals surface area contributed by atoms with Crippen LogP contribution in [0.4, 0.5) is 11.4 Å². The van der Waals surface area contributed by atoms with E-state index in [0.717, 1.165) is 5.75 Å². The number of nitro benzene ring substituents is 1. The molecule has 0 radical (unpaired) electrons. The number of nitro groups is 1. The Morgan fingerprint density at radius 2 is 1.97 bits per heavy atom. The summed E-state index contributed by atoms with van der Waals surface area (Å²) >= 11 is 7.13. The van der Waals surface area contributed by atoms with Gasteiger partial charge < -0.3 is 9.15 Å². The Balaban J connectivity index is 1.62. The van der Waals surface area contributed by atoms with Gasteiger partial charge in [-0.2, -0.15) is 0 Å². The van der Waals surface area contributed by atoms with Crippen LogP contribution in [0.15, 0.2) is 68.9 Å². The maximum absolute atomic E-state index is 12.9. The van der Waals surface area contributed by atoms with Crippen molar-refractivity contribution in [3.8, 4) is 17.1 Å². The monoisotopic (exact) mass is 483 g/mol. The third-order valence-corrected chi connectivity index (χ3v) is 6.07. The number of amides is 1. The highest BCUT2D eigenvalue weighted by molar-refractivity contribution is 8.18. The SMILES string of the molecule is CCN1C(=O)/C(=C\c2ccc(-c3ccc(Cl)cc3[N+](=O)[O-])o2)SC1=Nc1ccc(OC)cc1. The van der Waals surface area contributed by atoms with Gasteiger partial charge in [0.15, 0.2) is 5.17 Å². The molecule has 168 valence electrons. The second-order valence-electron chi connectivity index (χ2n) is 6.87. The van der Waals surface area contributed by atoms with Gasteiger partial charge >= 0.3 is 0 Å². The van der Waals surface area contributed by atoms with Gasteiger partial charge in [0.05, 0.1) is 28.2 Å². The highest BCUT2D eigenvalue weighted by atomic mass is 35.5. The molecule has 0 bridgehead atoms. The van der Waals surface area contributed by atoms with E-state index in [-0.39, 0.29) is 16.6 Å². The lowest BCUT2D eigenvalue weighted by Gasteiger charge is -2.12. The molecule has 0 spiro atoms. The third kappa shape index (κ3) is 4.79. The maximum Gasteiger partial charge on any atom is 0.281 e. The Morgan fingerprint density at radius 1 is 1.21 bits per heavy atom. The fourth-order valence-corrected chi connectivity index (χ4v) is 4.41. The minimum absolute atomic E-state index is 0.159. The van der Waals surface area contributed by atoms with Crippen molar-refractivity contribution in [1.29, 1.82) is 0 Å². The second kappa shape index (κ2) is 9.51. The third-order valence-electron chi connectivity index (χ3n) is 4.82. The van der Waals surface area contributed by atoms with Crippen LogP contribution in [0.2, 0.25) is 5.02 Å². The lowest BCUT2D eigenvalue weighted by atomic mass is 10.1. The quantitative estimate of drug-likeness (QED) is 0.237. The fourth-order valence-electron chi connectivity index (χ4n) is 3.21. The van der Waals surface area contributed by atoms with Gasteiger partial charge in [0.2, 0.25) is 0 Å². The Morgan fingerprint density at radius 3 is 2.64 bits per heavy atom. The molecule has 33 heavy (non-hydrogen) atoms. The first-order chi connectivity index (χ1) is 15.9. The zero-order chi connectivity index (χ0) is 23.5. The molecule has 0 unspecified atom stereocenters. The van der Waals surface area contributed by atoms with Crippen LogP contribution >= 0.6 is 23.4 Å². The molecule has 1 aliphatic rings. The van der Waals surface area contributed by atoms with Crippen molar-refractivity contribution < 1.29 is 18.9 Å². The number of rotatable bonds is 6. The van der Waals surface area contributed by atoms with Gasteiger partial charge in [-0.1, -0.05) is 11.6 Å². The number of furan rings is 1. The number of methoxy groups -OCH3 is 1. The number of ether oxygens (including phenoxy) is 1. The first-order valence-corrected chi connectivity index (χ1v) is 11.1. The molecule has 8 nitrogen and oxygen atoms in total. The molecule has 0 N–H and O–H groups in total. The molecule has 1 fully saturated rings. The summed E-state index contributed by atoms with van der Waals surface area (Å²) in [6.45, 7) is 2.33. The summed E-state index contributed by atoms with van der Waals surface area (Å²) in [6, 6.07) is 14.9. The van der Waals surface area contributed by atoms with E-state index in [1.165, 1.54) is 23.9 Å². The summed E-state index contributed by atoms with van der Waals surface area (Å²) in [5.41, 5.74) is 0.839. The molecule has 1 aromatic heterocycles. The van der Waals surface area contributed by atoms with Crippen LogP contribution in [0.5, 0.6) is 5.75 Å². The number of nitrogens with zero attached hydrogens (tertiary/aromatic N) is 3. The molecule has 0 saturated carbocycles. The molecule has 1 saturated heterocycles. The Hall–Kier alpha value is -3.56. The number of amidine groups is 1. The highest BCUT2D eigenvalue weighted by Crippen LogP contribution is 2.37. The highest BCUT2D eigenvalue weighted by Gasteiger charge is 2.32. The van der Waals surface area contributed by atoms with E-state index in [9.17, 15) is 14.9 Å². The van der Waals surface area contributed by atoms with E-state index in [2.05, 4.69) is 4.99 Å². The van der Waals surface area contributed by atoms with Gasteiger partial charge in [0.1, 0.15) is 17.3 Å². The lowest BCUT2D eigenvalue weighted by Crippen LogP contribution is -2.28. The Labute approximate surface area is 198 Å². The van der Waals surface area contributed by atoms with Gasteiger partial charge in [-0.05, 0) is 67.2 Å². The molecule has 4 rings (SSSR count). The van der Waals surface area contributed by atoms with Crippen LogP contribution in [0.1, 0.15) is 12.7 Å². The largest absolute Gasteiger partial charge is 0.497 e. The normalized spacial score (nSPS) is 16.1. The van der Waals surface area contributed by atoms with Gasteiger partial charge in [-0.3, -0.25) is 19.8 Å². The van der Waals surface area contributed by atoms with Crippen molar-refractivity contribution in [3.63, 3.8) is 0 Å². The average molecular weight is 484 g/mol. The van der Waals surface area contributed by atoms with Crippen molar-refractivity contribution in [2.24, 2.45) is 4.99 Å². The molecule has 2 aromatic carbocycles. The number of hydrogen-bond acceptors (Lipinski definition) is 7. The molecule has 1 amide bonds. The van der Waals surface area contributed by atoms with E-state index in [1.54, 1.807) is 48.4 Å². The van der Waals surface area contributed by atoms with Gasteiger partial charge in [0, 0.05) is 23.7 Å². The summed E-state index contributed by atoms with van der Waals surface area (Å²) in [5, 5.41) is 12.2. The maximum atomic E-state index is 12.9. The number of thioether (sulfide) groups is 1. The smallest absolute Gasteiger partial charge is 0.281 e. The predicted molar refractivity (Wildman–Crippen MR) is 129 cm³/mol. The summed E-state index contributed by atoms with van der Waals surface area (Å²) in [7, 11) is 1.59. The summed E-state index contributed by atoms with van der Waals surface area (Å²) in [6.07, 6.45) is 1.61.